The molecule has 0 amide bonds. The van der Waals surface area contributed by atoms with Crippen molar-refractivity contribution in [2.75, 3.05) is 0 Å². The van der Waals surface area contributed by atoms with Gasteiger partial charge < -0.3 is 9.67 Å². The van der Waals surface area contributed by atoms with Gasteiger partial charge in [-0.1, -0.05) is 37.3 Å². The fourth-order valence-electron chi connectivity index (χ4n) is 3.19. The lowest BCUT2D eigenvalue weighted by Crippen LogP contribution is -2.01. The Hall–Kier alpha value is -2.88. The standard InChI is InChI=1S/C20H19N3O/c1-3-12-23-16-8-4-6-13(2)18(16)22-20(23)15-11-10-14-7-5-9-17(24)19(14)21-15/h4-11,24H,3,12H2,1-2H3. The molecule has 0 radical (unpaired) electrons. The number of hydrogen-bond acceptors (Lipinski definition) is 3. The van der Waals surface area contributed by atoms with Crippen molar-refractivity contribution in [3.8, 4) is 17.3 Å². The smallest absolute Gasteiger partial charge is 0.159 e. The van der Waals surface area contributed by atoms with E-state index in [-0.39, 0.29) is 5.75 Å². The van der Waals surface area contributed by atoms with Gasteiger partial charge in [0.15, 0.2) is 5.82 Å². The van der Waals surface area contributed by atoms with E-state index in [1.54, 1.807) is 6.07 Å². The first-order valence-corrected chi connectivity index (χ1v) is 8.24. The number of hydrogen-bond donors (Lipinski definition) is 1. The van der Waals surface area contributed by atoms with Crippen LogP contribution in [0.15, 0.2) is 48.5 Å². The largest absolute Gasteiger partial charge is 0.506 e. The van der Waals surface area contributed by atoms with Crippen LogP contribution in [0.5, 0.6) is 5.75 Å². The zero-order chi connectivity index (χ0) is 16.7. The van der Waals surface area contributed by atoms with Gasteiger partial charge in [0.25, 0.3) is 0 Å². The highest BCUT2D eigenvalue weighted by Crippen LogP contribution is 2.29. The minimum absolute atomic E-state index is 0.198. The molecule has 4 rings (SSSR count). The van der Waals surface area contributed by atoms with Crippen LogP contribution in [0.4, 0.5) is 0 Å². The highest BCUT2D eigenvalue weighted by Gasteiger charge is 2.15. The summed E-state index contributed by atoms with van der Waals surface area (Å²) in [5.74, 6) is 1.05. The highest BCUT2D eigenvalue weighted by atomic mass is 16.3. The maximum Gasteiger partial charge on any atom is 0.159 e. The molecule has 2 heterocycles. The fraction of sp³-hybridized carbons (Fsp3) is 0.200. The number of phenolic OH excluding ortho intramolecular Hbond substituents is 1. The Bertz CT molecular complexity index is 1050. The number of nitrogens with zero attached hydrogens (tertiary/aromatic N) is 3. The van der Waals surface area contributed by atoms with E-state index < -0.39 is 0 Å². The summed E-state index contributed by atoms with van der Waals surface area (Å²) in [4.78, 5) is 9.54. The molecule has 0 saturated carbocycles. The second kappa shape index (κ2) is 5.64. The first-order valence-electron chi connectivity index (χ1n) is 8.24. The number of pyridine rings is 1. The molecule has 2 aromatic carbocycles. The summed E-state index contributed by atoms with van der Waals surface area (Å²) >= 11 is 0. The molecule has 0 spiro atoms. The molecule has 0 unspecified atom stereocenters. The van der Waals surface area contributed by atoms with Gasteiger partial charge in [0, 0.05) is 11.9 Å². The normalized spacial score (nSPS) is 11.4. The first-order chi connectivity index (χ1) is 11.7. The molecule has 4 heteroatoms. The molecule has 0 aliphatic rings. The van der Waals surface area contributed by atoms with E-state index in [0.29, 0.717) is 5.52 Å². The molecule has 0 aliphatic carbocycles. The second-order valence-electron chi connectivity index (χ2n) is 6.08. The summed E-state index contributed by atoms with van der Waals surface area (Å²) in [5, 5.41) is 11.0. The Balaban J connectivity index is 2.00. The van der Waals surface area contributed by atoms with Gasteiger partial charge in [-0.25, -0.2) is 9.97 Å². The highest BCUT2D eigenvalue weighted by molar-refractivity contribution is 5.87. The number of aromatic nitrogens is 3. The Morgan fingerprint density at radius 1 is 0.958 bits per heavy atom. The molecule has 0 aliphatic heterocycles. The molecule has 2 aromatic heterocycles. The number of benzene rings is 2. The summed E-state index contributed by atoms with van der Waals surface area (Å²) in [6.07, 6.45) is 1.02. The van der Waals surface area contributed by atoms with Crippen molar-refractivity contribution < 1.29 is 5.11 Å². The predicted octanol–water partition coefficient (Wildman–Crippen LogP) is 4.68. The van der Waals surface area contributed by atoms with Crippen LogP contribution in [-0.4, -0.2) is 19.6 Å². The first kappa shape index (κ1) is 14.7. The van der Waals surface area contributed by atoms with Gasteiger partial charge in [-0.15, -0.1) is 0 Å². The monoisotopic (exact) mass is 317 g/mol. The molecular weight excluding hydrogens is 298 g/mol. The van der Waals surface area contributed by atoms with Gasteiger partial charge in [0.05, 0.1) is 11.0 Å². The summed E-state index contributed by atoms with van der Waals surface area (Å²) in [5.41, 5.74) is 4.70. The Morgan fingerprint density at radius 3 is 2.62 bits per heavy atom. The molecule has 0 saturated heterocycles. The quantitative estimate of drug-likeness (QED) is 0.597. The maximum absolute atomic E-state index is 10.1. The predicted molar refractivity (Wildman–Crippen MR) is 97.2 cm³/mol. The third-order valence-corrected chi connectivity index (χ3v) is 4.36. The van der Waals surface area contributed by atoms with Crippen molar-refractivity contribution in [1.29, 1.82) is 0 Å². The lowest BCUT2D eigenvalue weighted by molar-refractivity contribution is 0.480. The molecule has 0 fully saturated rings. The van der Waals surface area contributed by atoms with E-state index in [2.05, 4.69) is 41.6 Å². The fourth-order valence-corrected chi connectivity index (χ4v) is 3.19. The molecule has 24 heavy (non-hydrogen) atoms. The summed E-state index contributed by atoms with van der Waals surface area (Å²) in [6, 6.07) is 15.7. The van der Waals surface area contributed by atoms with Gasteiger partial charge in [-0.2, -0.15) is 0 Å². The third-order valence-electron chi connectivity index (χ3n) is 4.36. The van der Waals surface area contributed by atoms with Crippen LogP contribution in [0.3, 0.4) is 0 Å². The molecule has 120 valence electrons. The van der Waals surface area contributed by atoms with E-state index in [9.17, 15) is 5.11 Å². The molecule has 4 nitrogen and oxygen atoms in total. The van der Waals surface area contributed by atoms with Crippen LogP contribution < -0.4 is 0 Å². The van der Waals surface area contributed by atoms with Gasteiger partial charge in [-0.05, 0) is 37.1 Å². The zero-order valence-corrected chi connectivity index (χ0v) is 13.8. The Labute approximate surface area is 140 Å². The molecular formula is C20H19N3O. The van der Waals surface area contributed by atoms with E-state index >= 15 is 0 Å². The van der Waals surface area contributed by atoms with E-state index in [1.165, 1.54) is 0 Å². The summed E-state index contributed by atoms with van der Waals surface area (Å²) in [6.45, 7) is 5.12. The number of aromatic hydroxyl groups is 1. The summed E-state index contributed by atoms with van der Waals surface area (Å²) in [7, 11) is 0. The van der Waals surface area contributed by atoms with Gasteiger partial charge in [0.2, 0.25) is 0 Å². The van der Waals surface area contributed by atoms with Crippen LogP contribution in [0.1, 0.15) is 18.9 Å². The van der Waals surface area contributed by atoms with Crippen LogP contribution in [0.25, 0.3) is 33.5 Å². The third kappa shape index (κ3) is 2.22. The van der Waals surface area contributed by atoms with Crippen LogP contribution in [0.2, 0.25) is 0 Å². The Morgan fingerprint density at radius 2 is 1.79 bits per heavy atom. The van der Waals surface area contributed by atoms with Crippen molar-refractivity contribution in [3.05, 3.63) is 54.1 Å². The maximum atomic E-state index is 10.1. The van der Waals surface area contributed by atoms with E-state index in [0.717, 1.165) is 46.5 Å². The lowest BCUT2D eigenvalue weighted by Gasteiger charge is -2.08. The SMILES string of the molecule is CCCn1c(-c2ccc3cccc(O)c3n2)nc2c(C)cccc21. The number of aryl methyl sites for hydroxylation is 2. The van der Waals surface area contributed by atoms with Crippen molar-refractivity contribution in [1.82, 2.24) is 14.5 Å². The molecule has 0 bridgehead atoms. The van der Waals surface area contributed by atoms with E-state index in [4.69, 9.17) is 4.98 Å². The zero-order valence-electron chi connectivity index (χ0n) is 13.8. The van der Waals surface area contributed by atoms with Crippen molar-refractivity contribution in [3.63, 3.8) is 0 Å². The number of phenols is 1. The number of imidazole rings is 1. The van der Waals surface area contributed by atoms with Crippen LogP contribution in [0, 0.1) is 6.92 Å². The van der Waals surface area contributed by atoms with Crippen molar-refractivity contribution in [2.45, 2.75) is 26.8 Å². The number of para-hydroxylation sites is 2. The average Bonchev–Trinajstić information content (AvgIpc) is 2.96. The van der Waals surface area contributed by atoms with E-state index in [1.807, 2.05) is 24.3 Å². The topological polar surface area (TPSA) is 50.9 Å². The van der Waals surface area contributed by atoms with Gasteiger partial charge >= 0.3 is 0 Å². The van der Waals surface area contributed by atoms with Crippen LogP contribution in [-0.2, 0) is 6.54 Å². The molecule has 1 N–H and O–H groups in total. The van der Waals surface area contributed by atoms with Gasteiger partial charge in [0.1, 0.15) is 17.0 Å². The van der Waals surface area contributed by atoms with Crippen molar-refractivity contribution >= 4 is 21.9 Å². The molecule has 0 atom stereocenters. The minimum Gasteiger partial charge on any atom is -0.506 e. The minimum atomic E-state index is 0.198. The second-order valence-corrected chi connectivity index (χ2v) is 6.08. The molecule has 4 aromatic rings. The number of fused-ring (bicyclic) bond motifs is 2. The van der Waals surface area contributed by atoms with Crippen LogP contribution >= 0.6 is 0 Å². The number of rotatable bonds is 3. The average molecular weight is 317 g/mol. The summed E-state index contributed by atoms with van der Waals surface area (Å²) < 4.78 is 2.22. The Kier molecular flexibility index (Phi) is 3.45. The van der Waals surface area contributed by atoms with Gasteiger partial charge in [-0.3, -0.25) is 0 Å². The lowest BCUT2D eigenvalue weighted by atomic mass is 10.2. The van der Waals surface area contributed by atoms with Crippen molar-refractivity contribution in [2.24, 2.45) is 0 Å².